The highest BCUT2D eigenvalue weighted by Crippen LogP contribution is 2.31. The average molecular weight is 418 g/mol. The van der Waals surface area contributed by atoms with Crippen molar-refractivity contribution in [1.29, 1.82) is 0 Å². The van der Waals surface area contributed by atoms with Gasteiger partial charge in [-0.2, -0.15) is 0 Å². The van der Waals surface area contributed by atoms with Crippen molar-refractivity contribution in [3.63, 3.8) is 0 Å². The molecule has 0 unspecified atom stereocenters. The van der Waals surface area contributed by atoms with Crippen molar-refractivity contribution in [1.82, 2.24) is 9.88 Å². The third kappa shape index (κ3) is 3.56. The van der Waals surface area contributed by atoms with E-state index in [9.17, 15) is 9.59 Å². The van der Waals surface area contributed by atoms with Crippen LogP contribution in [0.2, 0.25) is 10.0 Å². The van der Waals surface area contributed by atoms with Gasteiger partial charge >= 0.3 is 0 Å². The molecule has 0 radical (unpaired) electrons. The molecule has 27 heavy (non-hydrogen) atoms. The Morgan fingerprint density at radius 3 is 2.63 bits per heavy atom. The lowest BCUT2D eigenvalue weighted by atomic mass is 10.1. The number of nitrogen functional groups attached to an aromatic ring is 1. The molecule has 8 heteroatoms. The molecule has 2 amide bonds. The van der Waals surface area contributed by atoms with E-state index in [1.165, 1.54) is 0 Å². The number of amides is 2. The van der Waals surface area contributed by atoms with Gasteiger partial charge in [0.2, 0.25) is 0 Å². The van der Waals surface area contributed by atoms with Crippen LogP contribution in [0.25, 0.3) is 17.0 Å². The van der Waals surface area contributed by atoms with Crippen molar-refractivity contribution in [3.8, 4) is 0 Å². The highest BCUT2D eigenvalue weighted by Gasteiger charge is 2.25. The van der Waals surface area contributed by atoms with Crippen LogP contribution in [0.5, 0.6) is 0 Å². The first-order valence-corrected chi connectivity index (χ1v) is 9.55. The van der Waals surface area contributed by atoms with E-state index in [2.05, 4.69) is 5.32 Å². The molecule has 136 valence electrons. The zero-order valence-corrected chi connectivity index (χ0v) is 16.2. The molecule has 0 spiro atoms. The minimum atomic E-state index is -0.390. The number of thioether (sulfide) groups is 1. The summed E-state index contributed by atoms with van der Waals surface area (Å²) < 4.78 is 2.04. The number of halogens is 2. The molecule has 0 aliphatic carbocycles. The summed E-state index contributed by atoms with van der Waals surface area (Å²) in [6, 6.07) is 11.1. The molecular weight excluding hydrogens is 405 g/mol. The highest BCUT2D eigenvalue weighted by atomic mass is 35.5. The first kappa shape index (κ1) is 18.0. The molecule has 1 aliphatic rings. The molecule has 0 atom stereocenters. The van der Waals surface area contributed by atoms with Crippen molar-refractivity contribution in [2.24, 2.45) is 0 Å². The van der Waals surface area contributed by atoms with Crippen LogP contribution in [0.15, 0.2) is 47.5 Å². The second kappa shape index (κ2) is 6.96. The number of carbonyl (C=O) groups is 2. The monoisotopic (exact) mass is 417 g/mol. The quantitative estimate of drug-likeness (QED) is 0.469. The van der Waals surface area contributed by atoms with Gasteiger partial charge in [0.1, 0.15) is 0 Å². The van der Waals surface area contributed by atoms with Crippen molar-refractivity contribution in [3.05, 3.63) is 68.7 Å². The SMILES string of the molecule is Nc1ccc2c(c1)c(/C=C1/SC(=O)NC1=O)cn2Cc1ccc(Cl)c(Cl)c1. The summed E-state index contributed by atoms with van der Waals surface area (Å²) >= 11 is 13.0. The molecule has 0 saturated carbocycles. The molecule has 1 saturated heterocycles. The van der Waals surface area contributed by atoms with E-state index in [-0.39, 0.29) is 11.1 Å². The summed E-state index contributed by atoms with van der Waals surface area (Å²) in [6.07, 6.45) is 3.63. The molecule has 3 aromatic rings. The van der Waals surface area contributed by atoms with Gasteiger partial charge in [0.05, 0.1) is 15.0 Å². The van der Waals surface area contributed by atoms with Crippen LogP contribution in [0.3, 0.4) is 0 Å². The first-order valence-electron chi connectivity index (χ1n) is 7.98. The summed E-state index contributed by atoms with van der Waals surface area (Å²) in [4.78, 5) is 23.7. The van der Waals surface area contributed by atoms with Crippen LogP contribution in [0.1, 0.15) is 11.1 Å². The summed E-state index contributed by atoms with van der Waals surface area (Å²) in [7, 11) is 0. The molecule has 1 aliphatic heterocycles. The lowest BCUT2D eigenvalue weighted by Gasteiger charge is -2.07. The Hall–Kier alpha value is -2.41. The number of hydrogen-bond acceptors (Lipinski definition) is 4. The zero-order valence-electron chi connectivity index (χ0n) is 13.8. The maximum absolute atomic E-state index is 11.9. The van der Waals surface area contributed by atoms with Gasteiger partial charge in [-0.15, -0.1) is 0 Å². The number of nitrogens with zero attached hydrogens (tertiary/aromatic N) is 1. The molecule has 0 bridgehead atoms. The molecule has 4 rings (SSSR count). The number of nitrogens with two attached hydrogens (primary N) is 1. The maximum atomic E-state index is 11.9. The predicted molar refractivity (Wildman–Crippen MR) is 111 cm³/mol. The van der Waals surface area contributed by atoms with Gasteiger partial charge in [-0.25, -0.2) is 0 Å². The molecule has 2 heterocycles. The fourth-order valence-electron chi connectivity index (χ4n) is 2.99. The Bertz CT molecular complexity index is 1140. The summed E-state index contributed by atoms with van der Waals surface area (Å²) in [6.45, 7) is 0.568. The van der Waals surface area contributed by atoms with Crippen LogP contribution < -0.4 is 11.1 Å². The van der Waals surface area contributed by atoms with Crippen molar-refractivity contribution in [2.45, 2.75) is 6.54 Å². The van der Waals surface area contributed by atoms with Gasteiger partial charge in [-0.1, -0.05) is 29.3 Å². The minimum Gasteiger partial charge on any atom is -0.399 e. The van der Waals surface area contributed by atoms with Gasteiger partial charge in [0.25, 0.3) is 11.1 Å². The van der Waals surface area contributed by atoms with Gasteiger partial charge in [0, 0.05) is 34.9 Å². The average Bonchev–Trinajstić information content (AvgIpc) is 3.11. The number of aromatic nitrogens is 1. The predicted octanol–water partition coefficient (Wildman–Crippen LogP) is 4.90. The lowest BCUT2D eigenvalue weighted by Crippen LogP contribution is -2.17. The van der Waals surface area contributed by atoms with Crippen LogP contribution in [0, 0.1) is 0 Å². The third-order valence-corrected chi connectivity index (χ3v) is 5.75. The smallest absolute Gasteiger partial charge is 0.290 e. The van der Waals surface area contributed by atoms with Crippen LogP contribution >= 0.6 is 35.0 Å². The van der Waals surface area contributed by atoms with Crippen molar-refractivity contribution in [2.75, 3.05) is 5.73 Å². The van der Waals surface area contributed by atoms with E-state index >= 15 is 0 Å². The first-order chi connectivity index (χ1) is 12.9. The number of anilines is 1. The molecular formula is C19H13Cl2N3O2S. The largest absolute Gasteiger partial charge is 0.399 e. The third-order valence-electron chi connectivity index (χ3n) is 4.20. The van der Waals surface area contributed by atoms with Gasteiger partial charge < -0.3 is 10.3 Å². The number of nitrogens with one attached hydrogen (secondary N) is 1. The fraction of sp³-hybridized carbons (Fsp3) is 0.0526. The Kier molecular flexibility index (Phi) is 4.63. The normalized spacial score (nSPS) is 15.7. The van der Waals surface area contributed by atoms with E-state index < -0.39 is 0 Å². The maximum Gasteiger partial charge on any atom is 0.290 e. The van der Waals surface area contributed by atoms with Gasteiger partial charge in [0.15, 0.2) is 0 Å². The summed E-state index contributed by atoms with van der Waals surface area (Å²) in [5.74, 6) is -0.390. The van der Waals surface area contributed by atoms with E-state index in [1.807, 2.05) is 41.1 Å². The Morgan fingerprint density at radius 1 is 1.11 bits per heavy atom. The van der Waals surface area contributed by atoms with Crippen LogP contribution in [0.4, 0.5) is 10.5 Å². The Balaban J connectivity index is 1.80. The highest BCUT2D eigenvalue weighted by molar-refractivity contribution is 8.18. The van der Waals surface area contributed by atoms with Gasteiger partial charge in [-0.3, -0.25) is 14.9 Å². The fourth-order valence-corrected chi connectivity index (χ4v) is 3.98. The Labute approximate surface area is 169 Å². The number of benzene rings is 2. The molecule has 2 aromatic carbocycles. The topological polar surface area (TPSA) is 77.1 Å². The number of carbonyl (C=O) groups excluding carboxylic acids is 2. The standard InChI is InChI=1S/C19H13Cl2N3O2S/c20-14-3-1-10(5-15(14)21)8-24-9-11(6-17-18(25)23-19(26)27-17)13-7-12(22)2-4-16(13)24/h1-7,9H,8,22H2,(H,23,25,26)/b17-6+. The van der Waals surface area contributed by atoms with Crippen LogP contribution in [-0.2, 0) is 11.3 Å². The minimum absolute atomic E-state index is 0.357. The second-order valence-corrected chi connectivity index (χ2v) is 7.92. The number of rotatable bonds is 3. The molecule has 1 aromatic heterocycles. The molecule has 5 nitrogen and oxygen atoms in total. The van der Waals surface area contributed by atoms with Crippen LogP contribution in [-0.4, -0.2) is 15.7 Å². The van der Waals surface area contributed by atoms with E-state index in [0.29, 0.717) is 27.2 Å². The van der Waals surface area contributed by atoms with E-state index in [4.69, 9.17) is 28.9 Å². The number of imide groups is 1. The molecule has 3 N–H and O–H groups in total. The van der Waals surface area contributed by atoms with Crippen molar-refractivity contribution < 1.29 is 9.59 Å². The zero-order chi connectivity index (χ0) is 19.1. The second-order valence-electron chi connectivity index (χ2n) is 6.09. The number of fused-ring (bicyclic) bond motifs is 1. The van der Waals surface area contributed by atoms with E-state index in [1.54, 1.807) is 12.1 Å². The summed E-state index contributed by atoms with van der Waals surface area (Å²) in [5.41, 5.74) is 9.32. The van der Waals surface area contributed by atoms with E-state index in [0.717, 1.165) is 33.8 Å². The Morgan fingerprint density at radius 2 is 1.93 bits per heavy atom. The number of hydrogen-bond donors (Lipinski definition) is 2. The van der Waals surface area contributed by atoms with Gasteiger partial charge in [-0.05, 0) is 53.7 Å². The van der Waals surface area contributed by atoms with Crippen molar-refractivity contribution >= 4 is 68.8 Å². The molecule has 1 fully saturated rings. The summed E-state index contributed by atoms with van der Waals surface area (Å²) in [5, 5.41) is 3.79. The lowest BCUT2D eigenvalue weighted by molar-refractivity contribution is -0.115.